The number of aromatic carboxylic acids is 1. The maximum absolute atomic E-state index is 12.9. The lowest BCUT2D eigenvalue weighted by Gasteiger charge is -2.23. The van der Waals surface area contributed by atoms with Gasteiger partial charge in [-0.1, -0.05) is 65.1 Å². The lowest BCUT2D eigenvalue weighted by Crippen LogP contribution is -2.35. The van der Waals surface area contributed by atoms with E-state index in [9.17, 15) is 9.59 Å². The molecule has 3 N–H and O–H groups in total. The average molecular weight is 573 g/mol. The maximum atomic E-state index is 12.9. The number of ether oxygens (including phenoxy) is 1. The highest BCUT2D eigenvalue weighted by Crippen LogP contribution is 2.37. The first kappa shape index (κ1) is 27.7. The molecule has 7 nitrogen and oxygen atoms in total. The summed E-state index contributed by atoms with van der Waals surface area (Å²) in [7, 11) is 0. The van der Waals surface area contributed by atoms with E-state index in [1.807, 2.05) is 19.1 Å². The SMILES string of the molecule is Cc1c(C(OC(C)C(=O)NCc2ccc(C(=O)O)cc2)c2ccc(Cl)cc2Cl)n[nH]c1-c1ccc(Cl)cc1. The summed E-state index contributed by atoms with van der Waals surface area (Å²) in [6.07, 6.45) is -1.65. The van der Waals surface area contributed by atoms with Crippen LogP contribution in [0.5, 0.6) is 0 Å². The molecule has 4 aromatic rings. The molecule has 0 bridgehead atoms. The second-order valence-electron chi connectivity index (χ2n) is 8.66. The number of hydrogen-bond acceptors (Lipinski definition) is 4. The number of aromatic nitrogens is 2. The normalized spacial score (nSPS) is 12.7. The van der Waals surface area contributed by atoms with E-state index in [1.54, 1.807) is 49.4 Å². The molecule has 1 amide bonds. The van der Waals surface area contributed by atoms with E-state index in [1.165, 1.54) is 12.1 Å². The van der Waals surface area contributed by atoms with Crippen LogP contribution in [0.25, 0.3) is 11.3 Å². The number of amides is 1. The van der Waals surface area contributed by atoms with Crippen molar-refractivity contribution in [2.45, 2.75) is 32.6 Å². The Hall–Kier alpha value is -3.36. The summed E-state index contributed by atoms with van der Waals surface area (Å²) in [4.78, 5) is 24.0. The topological polar surface area (TPSA) is 104 Å². The molecule has 10 heteroatoms. The van der Waals surface area contributed by atoms with Crippen LogP contribution in [0.3, 0.4) is 0 Å². The predicted molar refractivity (Wildman–Crippen MR) is 148 cm³/mol. The minimum Gasteiger partial charge on any atom is -0.478 e. The van der Waals surface area contributed by atoms with Gasteiger partial charge in [0.15, 0.2) is 0 Å². The van der Waals surface area contributed by atoms with Crippen molar-refractivity contribution in [1.29, 1.82) is 0 Å². The van der Waals surface area contributed by atoms with Gasteiger partial charge in [0.25, 0.3) is 0 Å². The number of hydrogen-bond donors (Lipinski definition) is 3. The number of halogens is 3. The van der Waals surface area contributed by atoms with Gasteiger partial charge < -0.3 is 15.2 Å². The zero-order chi connectivity index (χ0) is 27.4. The molecule has 1 aromatic heterocycles. The number of rotatable bonds is 9. The lowest BCUT2D eigenvalue weighted by molar-refractivity contribution is -0.134. The molecule has 0 aliphatic heterocycles. The van der Waals surface area contributed by atoms with Gasteiger partial charge in [0.2, 0.25) is 5.91 Å². The fraction of sp³-hybridized carbons (Fsp3) is 0.179. The zero-order valence-electron chi connectivity index (χ0n) is 20.5. The number of carbonyl (C=O) groups is 2. The largest absolute Gasteiger partial charge is 0.478 e. The van der Waals surface area contributed by atoms with Gasteiger partial charge in [-0.3, -0.25) is 9.89 Å². The number of nitrogens with one attached hydrogen (secondary N) is 2. The molecule has 0 aliphatic rings. The molecular formula is C28H24Cl3N3O4. The molecule has 2 unspecified atom stereocenters. The van der Waals surface area contributed by atoms with Crippen molar-refractivity contribution in [3.05, 3.63) is 110 Å². The number of H-pyrrole nitrogens is 1. The fourth-order valence-electron chi connectivity index (χ4n) is 3.93. The third-order valence-electron chi connectivity index (χ3n) is 6.05. The summed E-state index contributed by atoms with van der Waals surface area (Å²) in [5.74, 6) is -1.36. The zero-order valence-corrected chi connectivity index (χ0v) is 22.7. The number of carboxylic acids is 1. The van der Waals surface area contributed by atoms with Crippen molar-refractivity contribution in [3.63, 3.8) is 0 Å². The highest BCUT2D eigenvalue weighted by Gasteiger charge is 2.28. The highest BCUT2D eigenvalue weighted by atomic mass is 35.5. The monoisotopic (exact) mass is 571 g/mol. The van der Waals surface area contributed by atoms with E-state index in [4.69, 9.17) is 44.6 Å². The average Bonchev–Trinajstić information content (AvgIpc) is 3.27. The van der Waals surface area contributed by atoms with E-state index in [0.29, 0.717) is 26.3 Å². The Morgan fingerprint density at radius 2 is 1.66 bits per heavy atom. The van der Waals surface area contributed by atoms with Gasteiger partial charge in [0.05, 0.1) is 17.0 Å². The summed E-state index contributed by atoms with van der Waals surface area (Å²) in [5, 5.41) is 20.9. The molecular weight excluding hydrogens is 549 g/mol. The maximum Gasteiger partial charge on any atom is 0.335 e. The van der Waals surface area contributed by atoms with E-state index in [-0.39, 0.29) is 18.0 Å². The minimum atomic E-state index is -1.01. The van der Waals surface area contributed by atoms with Gasteiger partial charge >= 0.3 is 5.97 Å². The Bertz CT molecular complexity index is 1450. The Kier molecular flexibility index (Phi) is 8.74. The number of benzene rings is 3. The van der Waals surface area contributed by atoms with Crippen molar-refractivity contribution in [2.24, 2.45) is 0 Å². The van der Waals surface area contributed by atoms with Crippen LogP contribution in [0.4, 0.5) is 0 Å². The van der Waals surface area contributed by atoms with Crippen LogP contribution in [0.2, 0.25) is 15.1 Å². The molecule has 196 valence electrons. The number of carbonyl (C=O) groups excluding carboxylic acids is 1. The van der Waals surface area contributed by atoms with Gasteiger partial charge in [0.1, 0.15) is 12.2 Å². The van der Waals surface area contributed by atoms with E-state index < -0.39 is 18.2 Å². The van der Waals surface area contributed by atoms with Crippen LogP contribution in [0.15, 0.2) is 66.7 Å². The minimum absolute atomic E-state index is 0.173. The predicted octanol–water partition coefficient (Wildman–Crippen LogP) is 6.85. The summed E-state index contributed by atoms with van der Waals surface area (Å²) < 4.78 is 6.27. The second kappa shape index (κ2) is 12.0. The summed E-state index contributed by atoms with van der Waals surface area (Å²) >= 11 is 18.7. The first-order chi connectivity index (χ1) is 18.1. The van der Waals surface area contributed by atoms with Crippen molar-refractivity contribution in [2.75, 3.05) is 0 Å². The number of nitrogens with zero attached hydrogens (tertiary/aromatic N) is 1. The number of carboxylic acid groups (broad SMARTS) is 1. The summed E-state index contributed by atoms with van der Waals surface area (Å²) in [6, 6.07) is 18.7. The molecule has 3 aromatic carbocycles. The van der Waals surface area contributed by atoms with E-state index >= 15 is 0 Å². The molecule has 0 spiro atoms. The van der Waals surface area contributed by atoms with Crippen molar-refractivity contribution >= 4 is 46.7 Å². The first-order valence-electron chi connectivity index (χ1n) is 11.6. The summed E-state index contributed by atoms with van der Waals surface area (Å²) in [6.45, 7) is 3.76. The van der Waals surface area contributed by atoms with Crippen LogP contribution in [0.1, 0.15) is 45.8 Å². The Morgan fingerprint density at radius 1 is 1.00 bits per heavy atom. The van der Waals surface area contributed by atoms with E-state index in [0.717, 1.165) is 22.4 Å². The fourth-order valence-corrected chi connectivity index (χ4v) is 4.56. The number of aromatic amines is 1. The van der Waals surface area contributed by atoms with Crippen LogP contribution in [-0.2, 0) is 16.1 Å². The van der Waals surface area contributed by atoms with Gasteiger partial charge in [-0.15, -0.1) is 0 Å². The van der Waals surface area contributed by atoms with Gasteiger partial charge in [-0.05, 0) is 61.4 Å². The third-order valence-corrected chi connectivity index (χ3v) is 6.87. The molecule has 0 aliphatic carbocycles. The van der Waals surface area contributed by atoms with E-state index in [2.05, 4.69) is 15.5 Å². The van der Waals surface area contributed by atoms with Gasteiger partial charge in [-0.2, -0.15) is 5.10 Å². The molecule has 0 radical (unpaired) electrons. The van der Waals surface area contributed by atoms with Crippen molar-refractivity contribution < 1.29 is 19.4 Å². The molecule has 2 atom stereocenters. The quantitative estimate of drug-likeness (QED) is 0.203. The Labute approximate surface area is 234 Å². The van der Waals surface area contributed by atoms with Crippen molar-refractivity contribution in [1.82, 2.24) is 15.5 Å². The summed E-state index contributed by atoms with van der Waals surface area (Å²) in [5.41, 5.74) is 4.62. The standard InChI is InChI=1S/C28H24Cl3N3O4/c1-15-24(18-7-9-20(29)10-8-18)33-34-25(15)26(22-12-11-21(30)13-23(22)31)38-16(2)27(35)32-14-17-3-5-19(6-4-17)28(36)37/h3-13,16,26H,14H2,1-2H3,(H,32,35)(H,33,34)(H,36,37). The van der Waals surface area contributed by atoms with Crippen LogP contribution in [-0.4, -0.2) is 33.3 Å². The highest BCUT2D eigenvalue weighted by molar-refractivity contribution is 6.35. The van der Waals surface area contributed by atoms with Gasteiger partial charge in [-0.25, -0.2) is 4.79 Å². The smallest absolute Gasteiger partial charge is 0.335 e. The lowest BCUT2D eigenvalue weighted by atomic mass is 10.00. The molecule has 38 heavy (non-hydrogen) atoms. The molecule has 4 rings (SSSR count). The molecule has 0 saturated carbocycles. The van der Waals surface area contributed by atoms with Crippen LogP contribution < -0.4 is 5.32 Å². The Balaban J connectivity index is 1.57. The first-order valence-corrected chi connectivity index (χ1v) is 12.8. The second-order valence-corrected chi connectivity index (χ2v) is 9.94. The van der Waals surface area contributed by atoms with Crippen LogP contribution in [0, 0.1) is 6.92 Å². The van der Waals surface area contributed by atoms with Crippen LogP contribution >= 0.6 is 34.8 Å². The molecule has 1 heterocycles. The Morgan fingerprint density at radius 3 is 2.29 bits per heavy atom. The molecule has 0 saturated heterocycles. The van der Waals surface area contributed by atoms with Gasteiger partial charge in [0, 0.05) is 32.7 Å². The third kappa shape index (κ3) is 6.37. The van der Waals surface area contributed by atoms with Crippen molar-refractivity contribution in [3.8, 4) is 11.3 Å². The molecule has 0 fully saturated rings.